The van der Waals surface area contributed by atoms with Crippen molar-refractivity contribution < 1.29 is 8.83 Å². The number of fused-ring (bicyclic) bond motifs is 6. The van der Waals surface area contributed by atoms with Crippen molar-refractivity contribution in [2.45, 2.75) is 0 Å². The third-order valence-electron chi connectivity index (χ3n) is 3.93. The van der Waals surface area contributed by atoms with Crippen LogP contribution in [-0.4, -0.2) is 0 Å². The summed E-state index contributed by atoms with van der Waals surface area (Å²) < 4.78 is 11.9. The van der Waals surface area contributed by atoms with E-state index < -0.39 is 0 Å². The zero-order valence-electron chi connectivity index (χ0n) is 10.9. The van der Waals surface area contributed by atoms with Crippen LogP contribution in [-0.2, 0) is 0 Å². The summed E-state index contributed by atoms with van der Waals surface area (Å²) in [6, 6.07) is 17.8. The molecule has 5 aromatic rings. The first-order valence-corrected chi connectivity index (χ1v) is 7.10. The van der Waals surface area contributed by atoms with E-state index in [2.05, 4.69) is 6.07 Å². The summed E-state index contributed by atoms with van der Waals surface area (Å²) in [5, 5.41) is 4.96. The predicted octanol–water partition coefficient (Wildman–Crippen LogP) is 6.14. The molecule has 0 spiro atoms. The molecule has 0 atom stereocenters. The van der Waals surface area contributed by atoms with Crippen LogP contribution in [0.2, 0.25) is 5.02 Å². The molecular formula is C18H9ClO2. The Bertz CT molecular complexity index is 1150. The second kappa shape index (κ2) is 3.80. The molecule has 100 valence electrons. The van der Waals surface area contributed by atoms with Gasteiger partial charge < -0.3 is 8.83 Å². The number of hydrogen-bond acceptors (Lipinski definition) is 2. The molecule has 0 fully saturated rings. The first kappa shape index (κ1) is 11.2. The molecule has 0 aliphatic rings. The molecule has 0 aliphatic heterocycles. The molecule has 0 bridgehead atoms. The van der Waals surface area contributed by atoms with Gasteiger partial charge in [0.1, 0.15) is 22.3 Å². The van der Waals surface area contributed by atoms with Gasteiger partial charge in [0.2, 0.25) is 0 Å². The third kappa shape index (κ3) is 1.48. The Morgan fingerprint density at radius 3 is 2.00 bits per heavy atom. The zero-order valence-corrected chi connectivity index (χ0v) is 11.6. The Balaban J connectivity index is 2.00. The molecule has 3 heteroatoms. The highest BCUT2D eigenvalue weighted by Gasteiger charge is 2.12. The second-order valence-corrected chi connectivity index (χ2v) is 5.62. The molecule has 5 rings (SSSR count). The summed E-state index contributed by atoms with van der Waals surface area (Å²) in [4.78, 5) is 0. The molecule has 2 nitrogen and oxygen atoms in total. The van der Waals surface area contributed by atoms with Gasteiger partial charge in [-0.05, 0) is 30.3 Å². The first-order chi connectivity index (χ1) is 10.3. The number of para-hydroxylation sites is 1. The lowest BCUT2D eigenvalue weighted by Gasteiger charge is -1.91. The Hall–Kier alpha value is -2.45. The summed E-state index contributed by atoms with van der Waals surface area (Å²) in [6.07, 6.45) is 0. The molecule has 0 radical (unpaired) electrons. The van der Waals surface area contributed by atoms with Crippen molar-refractivity contribution >= 4 is 55.5 Å². The second-order valence-electron chi connectivity index (χ2n) is 5.19. The van der Waals surface area contributed by atoms with Crippen LogP contribution in [0.4, 0.5) is 0 Å². The van der Waals surface area contributed by atoms with Crippen LogP contribution >= 0.6 is 11.6 Å². The van der Waals surface area contributed by atoms with E-state index in [0.29, 0.717) is 5.02 Å². The van der Waals surface area contributed by atoms with Gasteiger partial charge in [0.15, 0.2) is 0 Å². The van der Waals surface area contributed by atoms with E-state index in [9.17, 15) is 0 Å². The molecule has 0 amide bonds. The summed E-state index contributed by atoms with van der Waals surface area (Å²) in [5.41, 5.74) is 3.43. The average Bonchev–Trinajstić information content (AvgIpc) is 3.01. The van der Waals surface area contributed by atoms with E-state index in [-0.39, 0.29) is 0 Å². The van der Waals surface area contributed by atoms with Gasteiger partial charge >= 0.3 is 0 Å². The van der Waals surface area contributed by atoms with E-state index >= 15 is 0 Å². The van der Waals surface area contributed by atoms with Crippen LogP contribution in [0.15, 0.2) is 63.4 Å². The van der Waals surface area contributed by atoms with Gasteiger partial charge in [0, 0.05) is 32.6 Å². The maximum atomic E-state index is 6.03. The molecule has 0 N–H and O–H groups in total. The lowest BCUT2D eigenvalue weighted by atomic mass is 10.1. The highest BCUT2D eigenvalue weighted by molar-refractivity contribution is 6.31. The minimum absolute atomic E-state index is 0.677. The first-order valence-electron chi connectivity index (χ1n) is 6.73. The largest absolute Gasteiger partial charge is 0.456 e. The Labute approximate surface area is 124 Å². The van der Waals surface area contributed by atoms with E-state index in [0.717, 1.165) is 43.9 Å². The molecule has 2 aromatic heterocycles. The van der Waals surface area contributed by atoms with Gasteiger partial charge in [0.25, 0.3) is 0 Å². The van der Waals surface area contributed by atoms with Crippen LogP contribution < -0.4 is 0 Å². The van der Waals surface area contributed by atoms with Gasteiger partial charge in [-0.15, -0.1) is 0 Å². The van der Waals surface area contributed by atoms with Crippen molar-refractivity contribution in [2.24, 2.45) is 0 Å². The van der Waals surface area contributed by atoms with E-state index in [1.54, 1.807) is 0 Å². The van der Waals surface area contributed by atoms with Crippen molar-refractivity contribution in [1.82, 2.24) is 0 Å². The van der Waals surface area contributed by atoms with Crippen molar-refractivity contribution in [3.05, 3.63) is 59.6 Å². The molecule has 21 heavy (non-hydrogen) atoms. The highest BCUT2D eigenvalue weighted by Crippen LogP contribution is 2.36. The highest BCUT2D eigenvalue weighted by atomic mass is 35.5. The lowest BCUT2D eigenvalue weighted by molar-refractivity contribution is 0.664. The van der Waals surface area contributed by atoms with Crippen molar-refractivity contribution in [1.29, 1.82) is 0 Å². The van der Waals surface area contributed by atoms with Crippen molar-refractivity contribution in [3.8, 4) is 0 Å². The number of rotatable bonds is 0. The number of halogens is 1. The Morgan fingerprint density at radius 2 is 1.19 bits per heavy atom. The van der Waals surface area contributed by atoms with Crippen LogP contribution in [0.1, 0.15) is 0 Å². The number of furan rings is 2. The molecule has 0 unspecified atom stereocenters. The van der Waals surface area contributed by atoms with Crippen LogP contribution in [0.3, 0.4) is 0 Å². The van der Waals surface area contributed by atoms with E-state index in [1.807, 2.05) is 48.5 Å². The minimum atomic E-state index is 0.677. The van der Waals surface area contributed by atoms with Crippen LogP contribution in [0.25, 0.3) is 43.9 Å². The van der Waals surface area contributed by atoms with Gasteiger partial charge in [-0.25, -0.2) is 0 Å². The smallest absolute Gasteiger partial charge is 0.136 e. The average molecular weight is 293 g/mol. The zero-order chi connectivity index (χ0) is 14.0. The Kier molecular flexibility index (Phi) is 2.04. The summed E-state index contributed by atoms with van der Waals surface area (Å²) in [5.74, 6) is 0. The maximum Gasteiger partial charge on any atom is 0.136 e. The monoisotopic (exact) mass is 292 g/mol. The van der Waals surface area contributed by atoms with E-state index in [1.165, 1.54) is 0 Å². The fourth-order valence-corrected chi connectivity index (χ4v) is 3.13. The molecule has 0 saturated carbocycles. The molecule has 3 aromatic carbocycles. The molecule has 0 aliphatic carbocycles. The van der Waals surface area contributed by atoms with Crippen molar-refractivity contribution in [2.75, 3.05) is 0 Å². The number of hydrogen-bond donors (Lipinski definition) is 0. The quantitative estimate of drug-likeness (QED) is 0.343. The van der Waals surface area contributed by atoms with E-state index in [4.69, 9.17) is 20.4 Å². The van der Waals surface area contributed by atoms with Gasteiger partial charge in [-0.1, -0.05) is 29.8 Å². The van der Waals surface area contributed by atoms with Gasteiger partial charge in [-0.2, -0.15) is 0 Å². The van der Waals surface area contributed by atoms with Gasteiger partial charge in [-0.3, -0.25) is 0 Å². The summed E-state index contributed by atoms with van der Waals surface area (Å²) in [6.45, 7) is 0. The third-order valence-corrected chi connectivity index (χ3v) is 4.17. The minimum Gasteiger partial charge on any atom is -0.456 e. The normalized spacial score (nSPS) is 12.0. The van der Waals surface area contributed by atoms with Gasteiger partial charge in [0.05, 0.1) is 0 Å². The number of benzene rings is 3. The van der Waals surface area contributed by atoms with Crippen molar-refractivity contribution in [3.63, 3.8) is 0 Å². The Morgan fingerprint density at radius 1 is 0.571 bits per heavy atom. The predicted molar refractivity (Wildman–Crippen MR) is 86.0 cm³/mol. The summed E-state index contributed by atoms with van der Waals surface area (Å²) in [7, 11) is 0. The maximum absolute atomic E-state index is 6.03. The molecular weight excluding hydrogens is 284 g/mol. The van der Waals surface area contributed by atoms with Crippen LogP contribution in [0, 0.1) is 0 Å². The molecule has 0 saturated heterocycles. The SMILES string of the molecule is Clc1ccc2c(c1)oc1cc3c(cc12)oc1ccccc13. The lowest BCUT2D eigenvalue weighted by Crippen LogP contribution is -1.68. The topological polar surface area (TPSA) is 26.3 Å². The fourth-order valence-electron chi connectivity index (χ4n) is 2.97. The molecule has 2 heterocycles. The van der Waals surface area contributed by atoms with Crippen LogP contribution in [0.5, 0.6) is 0 Å². The fraction of sp³-hybridized carbons (Fsp3) is 0. The summed E-state index contributed by atoms with van der Waals surface area (Å²) >= 11 is 6.03. The standard InChI is InChI=1S/C18H9ClO2/c19-10-5-6-12-14-9-17-13(8-18(14)21-16(12)7-10)11-3-1-2-4-15(11)20-17/h1-9H.